The summed E-state index contributed by atoms with van der Waals surface area (Å²) in [5.74, 6) is -0.252. The summed E-state index contributed by atoms with van der Waals surface area (Å²) in [6, 6.07) is -0.903. The van der Waals surface area contributed by atoms with Crippen LogP contribution in [0.15, 0.2) is 122 Å². The third-order valence-electron chi connectivity index (χ3n) is 22.3. The van der Waals surface area contributed by atoms with Crippen LogP contribution in [0.5, 0.6) is 0 Å². The molecule has 0 spiro atoms. The lowest BCUT2D eigenvalue weighted by molar-refractivity contribution is -0.379. The zero-order valence-corrected chi connectivity index (χ0v) is 71.7. The van der Waals surface area contributed by atoms with E-state index in [9.17, 15) is 61.0 Å². The monoisotopic (exact) mass is 1620 g/mol. The molecule has 115 heavy (non-hydrogen) atoms. The molecule has 3 rings (SSSR count). The largest absolute Gasteiger partial charge is 0.394 e. The number of unbranched alkanes of at least 4 members (excludes halogenated alkanes) is 38. The van der Waals surface area contributed by atoms with Crippen LogP contribution in [-0.4, -0.2) is 193 Å². The average Bonchev–Trinajstić information content (AvgIpc) is 0.779. The standard InChI is InChI=1S/C96H167NO18/c1-3-5-7-9-11-13-15-17-19-21-23-25-27-29-31-33-35-36-37-38-39-40-41-42-44-46-48-50-52-54-56-58-60-62-64-66-68-70-72-74-84(102)97-79(80(101)73-71-69-67-65-63-61-59-57-55-53-51-49-47-45-43-34-32-30-28-26-24-22-20-18-16-14-12-10-8-6-4-2)78-110-94-90(108)87(105)92(82(76-99)112-94)115-96-91(109)88(106)93(83(77-100)113-96)114-95-89(107)86(104)85(103)81(75-98)111-95/h5,7,11,13,17,19,23,25,29,31,35-36,38-39,41-42,46,48,52,54,79-83,85-96,98-101,103-109H,3-4,6,8-10,12,14-16,18,20-22,24,26-28,30,32-34,37,40,43-45,47,49-51,53,55-78H2,1-2H3,(H,97,102)/b7-5-,13-11-,19-17-,25-23-,31-29-,36-35-,39-38-,42-41-,48-46-,54-52-. The molecule has 0 aromatic carbocycles. The number of carbonyl (C=O) groups excluding carboxylic acids is 1. The topological polar surface area (TPSA) is 307 Å². The fourth-order valence-corrected chi connectivity index (χ4v) is 15.0. The molecular weight excluding hydrogens is 1460 g/mol. The minimum absolute atomic E-state index is 0.250. The third-order valence-corrected chi connectivity index (χ3v) is 22.3. The molecule has 0 radical (unpaired) electrons. The van der Waals surface area contributed by atoms with Gasteiger partial charge in [0.1, 0.15) is 73.2 Å². The zero-order valence-electron chi connectivity index (χ0n) is 71.7. The Kier molecular flexibility index (Phi) is 67.9. The number of hydrogen-bond acceptors (Lipinski definition) is 18. The molecule has 1 amide bonds. The summed E-state index contributed by atoms with van der Waals surface area (Å²) in [6.45, 7) is 1.72. The van der Waals surface area contributed by atoms with E-state index in [0.29, 0.717) is 12.8 Å². The van der Waals surface area contributed by atoms with Crippen molar-refractivity contribution in [3.63, 3.8) is 0 Å². The van der Waals surface area contributed by atoms with Gasteiger partial charge in [0.25, 0.3) is 0 Å². The first-order valence-electron chi connectivity index (χ1n) is 46.3. The second-order valence-corrected chi connectivity index (χ2v) is 32.4. The zero-order chi connectivity index (χ0) is 83.1. The lowest BCUT2D eigenvalue weighted by atomic mass is 9.96. The average molecular weight is 1620 g/mol. The second-order valence-electron chi connectivity index (χ2n) is 32.4. The summed E-state index contributed by atoms with van der Waals surface area (Å²) >= 11 is 0. The van der Waals surface area contributed by atoms with Gasteiger partial charge in [0.2, 0.25) is 5.91 Å². The highest BCUT2D eigenvalue weighted by Crippen LogP contribution is 2.34. The molecule has 12 N–H and O–H groups in total. The summed E-state index contributed by atoms with van der Waals surface area (Å²) < 4.78 is 34.6. The van der Waals surface area contributed by atoms with Gasteiger partial charge in [-0.05, 0) is 89.9 Å². The van der Waals surface area contributed by atoms with Gasteiger partial charge in [-0.3, -0.25) is 4.79 Å². The predicted octanol–water partition coefficient (Wildman–Crippen LogP) is 18.2. The molecule has 664 valence electrons. The fraction of sp³-hybridized carbons (Fsp3) is 0.781. The van der Waals surface area contributed by atoms with Crippen molar-refractivity contribution >= 4 is 5.91 Å². The number of aliphatic hydroxyl groups is 11. The van der Waals surface area contributed by atoms with Crippen LogP contribution >= 0.6 is 0 Å². The van der Waals surface area contributed by atoms with E-state index in [2.05, 4.69) is 141 Å². The first-order valence-corrected chi connectivity index (χ1v) is 46.3. The van der Waals surface area contributed by atoms with Crippen molar-refractivity contribution in [2.45, 2.75) is 452 Å². The lowest BCUT2D eigenvalue weighted by Crippen LogP contribution is -2.66. The normalized spacial score (nSPS) is 25.2. The highest BCUT2D eigenvalue weighted by Gasteiger charge is 2.54. The Bertz CT molecular complexity index is 2550. The van der Waals surface area contributed by atoms with Crippen molar-refractivity contribution < 1.29 is 89.4 Å². The van der Waals surface area contributed by atoms with E-state index >= 15 is 0 Å². The first-order chi connectivity index (χ1) is 56.3. The first kappa shape index (κ1) is 105. The Morgan fingerprint density at radius 3 is 0.939 bits per heavy atom. The molecule has 17 atom stereocenters. The van der Waals surface area contributed by atoms with E-state index in [1.54, 1.807) is 0 Å². The highest BCUT2D eigenvalue weighted by atomic mass is 16.8. The minimum Gasteiger partial charge on any atom is -0.394 e. The lowest BCUT2D eigenvalue weighted by Gasteiger charge is -2.48. The Morgan fingerprint density at radius 1 is 0.322 bits per heavy atom. The Labute approximate surface area is 697 Å². The van der Waals surface area contributed by atoms with Gasteiger partial charge in [0, 0.05) is 6.42 Å². The number of allylic oxidation sites excluding steroid dienone is 20. The molecule has 3 aliphatic rings. The van der Waals surface area contributed by atoms with E-state index < -0.39 is 124 Å². The minimum atomic E-state index is -1.98. The van der Waals surface area contributed by atoms with Gasteiger partial charge in [0.15, 0.2) is 18.9 Å². The maximum atomic E-state index is 13.6. The van der Waals surface area contributed by atoms with Gasteiger partial charge < -0.3 is 89.9 Å². The van der Waals surface area contributed by atoms with Crippen molar-refractivity contribution in [3.8, 4) is 0 Å². The van der Waals surface area contributed by atoms with E-state index in [-0.39, 0.29) is 18.9 Å². The summed E-state index contributed by atoms with van der Waals surface area (Å²) in [5.41, 5.74) is 0. The quantitative estimate of drug-likeness (QED) is 0.0199. The van der Waals surface area contributed by atoms with Crippen LogP contribution in [0, 0.1) is 0 Å². The molecule has 0 aliphatic carbocycles. The summed E-state index contributed by atoms with van der Waals surface area (Å²) in [7, 11) is 0. The van der Waals surface area contributed by atoms with Crippen LogP contribution < -0.4 is 5.32 Å². The molecule has 0 aromatic rings. The van der Waals surface area contributed by atoms with Crippen LogP contribution in [0.4, 0.5) is 0 Å². The third kappa shape index (κ3) is 52.2. The number of nitrogens with one attached hydrogen (secondary N) is 1. The van der Waals surface area contributed by atoms with E-state index in [4.69, 9.17) is 28.4 Å². The second kappa shape index (κ2) is 74.1. The van der Waals surface area contributed by atoms with Gasteiger partial charge in [-0.25, -0.2) is 0 Å². The van der Waals surface area contributed by atoms with Crippen molar-refractivity contribution in [1.82, 2.24) is 5.32 Å². The number of hydrogen-bond donors (Lipinski definition) is 12. The SMILES string of the molecule is CC/C=C\C/C=C\C/C=C\C/C=C\C/C=C\C/C=C\C/C=C\C/C=C\C/C=C\C/C=C\CCCCCCCCCCC(=O)NC(COC1OC(CO)C(OC2OC(CO)C(OC3OC(CO)C(O)C(O)C3O)C(O)C2O)C(O)C1O)C(O)CCCCCCCCCCCCCCCCCCCCCCCCCCCCCCCCC. The van der Waals surface area contributed by atoms with Crippen molar-refractivity contribution in [1.29, 1.82) is 0 Å². The molecule has 17 unspecified atom stereocenters. The van der Waals surface area contributed by atoms with Gasteiger partial charge >= 0.3 is 0 Å². The molecule has 3 fully saturated rings. The Morgan fingerprint density at radius 2 is 0.600 bits per heavy atom. The molecule has 19 nitrogen and oxygen atoms in total. The van der Waals surface area contributed by atoms with Crippen LogP contribution in [-0.2, 0) is 33.2 Å². The van der Waals surface area contributed by atoms with Crippen LogP contribution in [0.3, 0.4) is 0 Å². The van der Waals surface area contributed by atoms with Gasteiger partial charge in [-0.1, -0.05) is 373 Å². The smallest absolute Gasteiger partial charge is 0.220 e. The van der Waals surface area contributed by atoms with Gasteiger partial charge in [0.05, 0.1) is 38.6 Å². The maximum Gasteiger partial charge on any atom is 0.220 e. The number of ether oxygens (including phenoxy) is 6. The molecule has 0 saturated carbocycles. The van der Waals surface area contributed by atoms with E-state index in [1.165, 1.54) is 186 Å². The van der Waals surface area contributed by atoms with Crippen LogP contribution in [0.1, 0.15) is 348 Å². The van der Waals surface area contributed by atoms with Crippen LogP contribution in [0.25, 0.3) is 0 Å². The van der Waals surface area contributed by atoms with Crippen molar-refractivity contribution in [2.75, 3.05) is 26.4 Å². The molecule has 19 heteroatoms. The Balaban J connectivity index is 1.33. The number of rotatable bonds is 74. The molecule has 3 heterocycles. The number of amides is 1. The van der Waals surface area contributed by atoms with Crippen molar-refractivity contribution in [3.05, 3.63) is 122 Å². The molecular formula is C96H167NO18. The fourth-order valence-electron chi connectivity index (χ4n) is 15.0. The number of aliphatic hydroxyl groups excluding tert-OH is 11. The molecule has 3 aliphatic heterocycles. The van der Waals surface area contributed by atoms with Gasteiger partial charge in [-0.2, -0.15) is 0 Å². The summed E-state index contributed by atoms with van der Waals surface area (Å²) in [6.07, 6.45) is 78.7. The highest BCUT2D eigenvalue weighted by molar-refractivity contribution is 5.76. The summed E-state index contributed by atoms with van der Waals surface area (Å²) in [4.78, 5) is 13.6. The van der Waals surface area contributed by atoms with Crippen molar-refractivity contribution in [2.24, 2.45) is 0 Å². The summed E-state index contributed by atoms with van der Waals surface area (Å²) in [5, 5.41) is 121. The van der Waals surface area contributed by atoms with Crippen LogP contribution in [0.2, 0.25) is 0 Å². The van der Waals surface area contributed by atoms with E-state index in [0.717, 1.165) is 128 Å². The molecule has 0 aromatic heterocycles. The number of carbonyl (C=O) groups is 1. The molecule has 3 saturated heterocycles. The van der Waals surface area contributed by atoms with Gasteiger partial charge in [-0.15, -0.1) is 0 Å². The maximum absolute atomic E-state index is 13.6. The Hall–Kier alpha value is -3.81. The van der Waals surface area contributed by atoms with E-state index in [1.807, 2.05) is 0 Å². The predicted molar refractivity (Wildman–Crippen MR) is 466 cm³/mol. The molecule has 0 bridgehead atoms.